The fourth-order valence-electron chi connectivity index (χ4n) is 2.45. The van der Waals surface area contributed by atoms with Gasteiger partial charge in [0, 0.05) is 19.3 Å². The van der Waals surface area contributed by atoms with E-state index >= 15 is 0 Å². The van der Waals surface area contributed by atoms with Gasteiger partial charge in [0.1, 0.15) is 12.4 Å². The first-order valence-electron chi connectivity index (χ1n) is 8.58. The van der Waals surface area contributed by atoms with E-state index in [0.29, 0.717) is 41.9 Å². The third-order valence-electron chi connectivity index (χ3n) is 3.81. The van der Waals surface area contributed by atoms with Crippen LogP contribution in [0.3, 0.4) is 0 Å². The monoisotopic (exact) mass is 359 g/mol. The zero-order chi connectivity index (χ0) is 18.4. The van der Waals surface area contributed by atoms with Crippen molar-refractivity contribution in [1.29, 1.82) is 0 Å². The molecular weight excluding hydrogens is 337 g/mol. The molecule has 7 nitrogen and oxygen atoms in total. The van der Waals surface area contributed by atoms with Crippen LogP contribution in [-0.2, 0) is 11.3 Å². The summed E-state index contributed by atoms with van der Waals surface area (Å²) in [4.78, 5) is 13.4. The molecule has 0 unspecified atom stereocenters. The van der Waals surface area contributed by atoms with Crippen molar-refractivity contribution in [1.82, 2.24) is 19.5 Å². The van der Waals surface area contributed by atoms with E-state index in [1.807, 2.05) is 4.57 Å². The van der Waals surface area contributed by atoms with Crippen molar-refractivity contribution in [3.05, 3.63) is 36.4 Å². The van der Waals surface area contributed by atoms with Crippen LogP contribution in [0.5, 0.6) is 5.88 Å². The van der Waals surface area contributed by atoms with Gasteiger partial charge in [-0.1, -0.05) is 13.3 Å². The highest BCUT2D eigenvalue weighted by Gasteiger charge is 2.15. The molecule has 0 aliphatic heterocycles. The van der Waals surface area contributed by atoms with E-state index < -0.39 is 0 Å². The number of anilines is 2. The maximum Gasteiger partial charge on any atom is 0.247 e. The molecule has 0 amide bonds. The van der Waals surface area contributed by atoms with Gasteiger partial charge in [-0.2, -0.15) is 9.97 Å². The molecule has 0 spiro atoms. The Balaban J connectivity index is 1.94. The van der Waals surface area contributed by atoms with Gasteiger partial charge in [0.05, 0.1) is 12.9 Å². The van der Waals surface area contributed by atoms with Crippen LogP contribution < -0.4 is 10.1 Å². The number of fused-ring (bicyclic) bond motifs is 1. The van der Waals surface area contributed by atoms with E-state index in [2.05, 4.69) is 27.2 Å². The van der Waals surface area contributed by atoms with Gasteiger partial charge in [-0.05, 0) is 30.7 Å². The lowest BCUT2D eigenvalue weighted by Gasteiger charge is -2.10. The van der Waals surface area contributed by atoms with Crippen LogP contribution in [0.4, 0.5) is 16.0 Å². The van der Waals surface area contributed by atoms with Crippen molar-refractivity contribution < 1.29 is 13.9 Å². The highest BCUT2D eigenvalue weighted by molar-refractivity contribution is 5.78. The molecule has 3 aromatic rings. The molecule has 0 atom stereocenters. The lowest BCUT2D eigenvalue weighted by atomic mass is 10.3. The minimum absolute atomic E-state index is 0.298. The summed E-state index contributed by atoms with van der Waals surface area (Å²) in [7, 11) is 1.61. The fraction of sp³-hybridized carbons (Fsp3) is 0.389. The van der Waals surface area contributed by atoms with Crippen molar-refractivity contribution in [2.75, 3.05) is 25.6 Å². The molecule has 0 saturated carbocycles. The van der Waals surface area contributed by atoms with Gasteiger partial charge in [0.15, 0.2) is 11.2 Å². The molecule has 0 radical (unpaired) electrons. The second kappa shape index (κ2) is 8.57. The third kappa shape index (κ3) is 4.26. The van der Waals surface area contributed by atoms with Crippen LogP contribution in [0.2, 0.25) is 0 Å². The number of hydrogen-bond donors (Lipinski definition) is 1. The fourth-order valence-corrected chi connectivity index (χ4v) is 2.45. The van der Waals surface area contributed by atoms with Crippen molar-refractivity contribution in [3.63, 3.8) is 0 Å². The third-order valence-corrected chi connectivity index (χ3v) is 3.81. The predicted molar refractivity (Wildman–Crippen MR) is 97.3 cm³/mol. The summed E-state index contributed by atoms with van der Waals surface area (Å²) >= 11 is 0. The minimum atomic E-state index is -0.298. The van der Waals surface area contributed by atoms with Crippen LogP contribution >= 0.6 is 0 Å². The molecular formula is C18H22FN5O2. The normalized spacial score (nSPS) is 11.0. The standard InChI is InChI=1S/C18H22FN5O2/c1-3-4-9-24-12-20-15-16(24)22-18(23-17(15)26-11-10-25-2)21-14-7-5-13(19)6-8-14/h5-8,12H,3-4,9-11H2,1-2H3,(H,21,22,23). The molecule has 1 aromatic carbocycles. The van der Waals surface area contributed by atoms with E-state index in [1.165, 1.54) is 12.1 Å². The number of imidazole rings is 1. The number of aromatic nitrogens is 4. The summed E-state index contributed by atoms with van der Waals surface area (Å²) in [6.07, 6.45) is 3.85. The van der Waals surface area contributed by atoms with Crippen LogP contribution in [-0.4, -0.2) is 39.8 Å². The molecule has 1 N–H and O–H groups in total. The number of unbranched alkanes of at least 4 members (excludes halogenated alkanes) is 1. The van der Waals surface area contributed by atoms with Crippen LogP contribution in [0, 0.1) is 5.82 Å². The summed E-state index contributed by atoms with van der Waals surface area (Å²) in [5, 5.41) is 3.09. The van der Waals surface area contributed by atoms with Gasteiger partial charge >= 0.3 is 0 Å². The average molecular weight is 359 g/mol. The van der Waals surface area contributed by atoms with Crippen molar-refractivity contribution >= 4 is 22.8 Å². The first kappa shape index (κ1) is 18.1. The Hall–Kier alpha value is -2.74. The quantitative estimate of drug-likeness (QED) is 0.589. The zero-order valence-corrected chi connectivity index (χ0v) is 14.9. The summed E-state index contributed by atoms with van der Waals surface area (Å²) in [5.74, 6) is 0.467. The largest absolute Gasteiger partial charge is 0.474 e. The maximum atomic E-state index is 13.1. The van der Waals surface area contributed by atoms with Gasteiger partial charge in [-0.3, -0.25) is 0 Å². The maximum absolute atomic E-state index is 13.1. The number of rotatable bonds is 9. The molecule has 0 bridgehead atoms. The second-order valence-corrected chi connectivity index (χ2v) is 5.79. The van der Waals surface area contributed by atoms with Crippen molar-refractivity contribution in [3.8, 4) is 5.88 Å². The molecule has 3 rings (SSSR count). The first-order valence-corrected chi connectivity index (χ1v) is 8.58. The first-order chi connectivity index (χ1) is 12.7. The molecule has 0 saturated heterocycles. The number of nitrogens with zero attached hydrogens (tertiary/aromatic N) is 4. The summed E-state index contributed by atoms with van der Waals surface area (Å²) in [6, 6.07) is 6.01. The van der Waals surface area contributed by atoms with Gasteiger partial charge < -0.3 is 19.4 Å². The van der Waals surface area contributed by atoms with E-state index in [0.717, 1.165) is 19.4 Å². The molecule has 2 aromatic heterocycles. The number of benzene rings is 1. The Kier molecular flexibility index (Phi) is 5.96. The number of hydrogen-bond acceptors (Lipinski definition) is 6. The highest BCUT2D eigenvalue weighted by Crippen LogP contribution is 2.25. The van der Waals surface area contributed by atoms with E-state index in [1.54, 1.807) is 25.6 Å². The Morgan fingerprint density at radius 1 is 1.15 bits per heavy atom. The molecule has 0 fully saturated rings. The summed E-state index contributed by atoms with van der Waals surface area (Å²) in [5.41, 5.74) is 2.00. The molecule has 138 valence electrons. The van der Waals surface area contributed by atoms with Crippen molar-refractivity contribution in [2.45, 2.75) is 26.3 Å². The lowest BCUT2D eigenvalue weighted by Crippen LogP contribution is -2.08. The SMILES string of the molecule is CCCCn1cnc2c(OCCOC)nc(Nc3ccc(F)cc3)nc21. The number of aryl methyl sites for hydroxylation is 1. The number of nitrogens with one attached hydrogen (secondary N) is 1. The Morgan fingerprint density at radius 3 is 2.69 bits per heavy atom. The summed E-state index contributed by atoms with van der Waals surface area (Å²) < 4.78 is 25.8. The highest BCUT2D eigenvalue weighted by atomic mass is 19.1. The number of halogens is 1. The summed E-state index contributed by atoms with van der Waals surface area (Å²) in [6.45, 7) is 3.76. The van der Waals surface area contributed by atoms with Gasteiger partial charge in [0.25, 0.3) is 0 Å². The molecule has 8 heteroatoms. The average Bonchev–Trinajstić information content (AvgIpc) is 3.05. The number of methoxy groups -OCH3 is 1. The second-order valence-electron chi connectivity index (χ2n) is 5.79. The molecule has 26 heavy (non-hydrogen) atoms. The smallest absolute Gasteiger partial charge is 0.247 e. The zero-order valence-electron chi connectivity index (χ0n) is 14.9. The minimum Gasteiger partial charge on any atom is -0.474 e. The Bertz CT molecular complexity index is 851. The van der Waals surface area contributed by atoms with E-state index in [4.69, 9.17) is 9.47 Å². The molecule has 2 heterocycles. The van der Waals surface area contributed by atoms with Gasteiger partial charge in [-0.25, -0.2) is 9.37 Å². The van der Waals surface area contributed by atoms with Crippen LogP contribution in [0.15, 0.2) is 30.6 Å². The molecule has 0 aliphatic rings. The predicted octanol–water partition coefficient (Wildman–Crippen LogP) is 3.53. The van der Waals surface area contributed by atoms with E-state index in [-0.39, 0.29) is 5.82 Å². The Labute approximate surface area is 151 Å². The van der Waals surface area contributed by atoms with Crippen LogP contribution in [0.1, 0.15) is 19.8 Å². The van der Waals surface area contributed by atoms with Crippen LogP contribution in [0.25, 0.3) is 11.2 Å². The van der Waals surface area contributed by atoms with Gasteiger partial charge in [-0.15, -0.1) is 0 Å². The van der Waals surface area contributed by atoms with E-state index in [9.17, 15) is 4.39 Å². The Morgan fingerprint density at radius 2 is 1.96 bits per heavy atom. The number of ether oxygens (including phenoxy) is 2. The molecule has 0 aliphatic carbocycles. The van der Waals surface area contributed by atoms with Gasteiger partial charge in [0.2, 0.25) is 11.8 Å². The lowest BCUT2D eigenvalue weighted by molar-refractivity contribution is 0.144. The van der Waals surface area contributed by atoms with Crippen molar-refractivity contribution in [2.24, 2.45) is 0 Å². The topological polar surface area (TPSA) is 74.1 Å².